The summed E-state index contributed by atoms with van der Waals surface area (Å²) in [5.41, 5.74) is 0.981. The molecule has 1 aliphatic carbocycles. The van der Waals surface area contributed by atoms with Gasteiger partial charge in [-0.2, -0.15) is 0 Å². The minimum Gasteiger partial charge on any atom is -0.340 e. The van der Waals surface area contributed by atoms with Crippen molar-refractivity contribution in [3.63, 3.8) is 0 Å². The fourth-order valence-electron chi connectivity index (χ4n) is 5.81. The van der Waals surface area contributed by atoms with Gasteiger partial charge in [-0.15, -0.1) is 0 Å². The zero-order valence-corrected chi connectivity index (χ0v) is 15.4. The van der Waals surface area contributed by atoms with Gasteiger partial charge in [0.2, 0.25) is 5.91 Å². The number of piperazine rings is 1. The van der Waals surface area contributed by atoms with E-state index in [0.29, 0.717) is 28.2 Å². The molecule has 3 unspecified atom stereocenters. The molecule has 1 spiro atoms. The Morgan fingerprint density at radius 2 is 1.78 bits per heavy atom. The fourth-order valence-corrected chi connectivity index (χ4v) is 5.81. The molecule has 4 aliphatic rings. The van der Waals surface area contributed by atoms with E-state index < -0.39 is 0 Å². The van der Waals surface area contributed by atoms with Gasteiger partial charge in [0.05, 0.1) is 0 Å². The van der Waals surface area contributed by atoms with E-state index in [1.807, 2.05) is 0 Å². The summed E-state index contributed by atoms with van der Waals surface area (Å²) in [7, 11) is 2.15. The first kappa shape index (κ1) is 15.9. The van der Waals surface area contributed by atoms with Gasteiger partial charge in [0.15, 0.2) is 0 Å². The number of fused-ring (bicyclic) bond motifs is 1. The third kappa shape index (κ3) is 2.28. The second-order valence-corrected chi connectivity index (χ2v) is 9.73. The molecule has 1 amide bonds. The lowest BCUT2D eigenvalue weighted by Gasteiger charge is -2.44. The van der Waals surface area contributed by atoms with Crippen LogP contribution in [0, 0.1) is 16.7 Å². The van der Waals surface area contributed by atoms with Crippen LogP contribution >= 0.6 is 0 Å². The average molecular weight is 319 g/mol. The first-order valence-electron chi connectivity index (χ1n) is 9.50. The van der Waals surface area contributed by atoms with Crippen molar-refractivity contribution in [2.75, 3.05) is 46.3 Å². The lowest BCUT2D eigenvalue weighted by molar-refractivity contribution is -0.135. The highest BCUT2D eigenvalue weighted by Gasteiger charge is 2.70. The molecule has 3 atom stereocenters. The molecule has 3 aliphatic heterocycles. The predicted octanol–water partition coefficient (Wildman–Crippen LogP) is 2.05. The standard InChI is InChI=1S/C19H33N3O/c1-17(2,3)19-6-5-7-22(19)14-18(13-19)12-15(18)16(23)21-10-8-20(4)9-11-21/h15H,5-14H2,1-4H3. The van der Waals surface area contributed by atoms with E-state index in [-0.39, 0.29) is 0 Å². The predicted molar refractivity (Wildman–Crippen MR) is 92.2 cm³/mol. The van der Waals surface area contributed by atoms with Crippen molar-refractivity contribution < 1.29 is 4.79 Å². The first-order chi connectivity index (χ1) is 10.8. The zero-order valence-electron chi connectivity index (χ0n) is 15.4. The molecule has 0 aromatic carbocycles. The molecule has 4 fully saturated rings. The topological polar surface area (TPSA) is 26.8 Å². The van der Waals surface area contributed by atoms with Crippen molar-refractivity contribution in [3.05, 3.63) is 0 Å². The molecule has 0 N–H and O–H groups in total. The molecule has 23 heavy (non-hydrogen) atoms. The Balaban J connectivity index is 1.47. The highest BCUT2D eigenvalue weighted by molar-refractivity contribution is 5.83. The Morgan fingerprint density at radius 1 is 1.09 bits per heavy atom. The maximum atomic E-state index is 13.0. The number of hydrogen-bond acceptors (Lipinski definition) is 3. The SMILES string of the molecule is CN1CCN(C(=O)C2CC23CN2CCCC2(C(C)(C)C)C3)CC1. The van der Waals surface area contributed by atoms with Crippen molar-refractivity contribution in [2.24, 2.45) is 16.7 Å². The van der Waals surface area contributed by atoms with E-state index >= 15 is 0 Å². The van der Waals surface area contributed by atoms with Crippen LogP contribution in [0.15, 0.2) is 0 Å². The molecule has 0 radical (unpaired) electrons. The molecular formula is C19H33N3O. The summed E-state index contributed by atoms with van der Waals surface area (Å²) in [6, 6.07) is 0. The van der Waals surface area contributed by atoms with Gasteiger partial charge >= 0.3 is 0 Å². The molecule has 0 aromatic heterocycles. The van der Waals surface area contributed by atoms with Gasteiger partial charge < -0.3 is 9.80 Å². The second kappa shape index (κ2) is 4.95. The van der Waals surface area contributed by atoms with Gasteiger partial charge in [0.1, 0.15) is 0 Å². The maximum absolute atomic E-state index is 13.0. The van der Waals surface area contributed by atoms with E-state index in [1.54, 1.807) is 0 Å². The maximum Gasteiger partial charge on any atom is 0.226 e. The highest BCUT2D eigenvalue weighted by atomic mass is 16.2. The van der Waals surface area contributed by atoms with Gasteiger partial charge in [-0.1, -0.05) is 20.8 Å². The van der Waals surface area contributed by atoms with Crippen molar-refractivity contribution in [3.8, 4) is 0 Å². The number of nitrogens with zero attached hydrogens (tertiary/aromatic N) is 3. The van der Waals surface area contributed by atoms with E-state index in [9.17, 15) is 4.79 Å². The van der Waals surface area contributed by atoms with Gasteiger partial charge in [-0.05, 0) is 50.1 Å². The lowest BCUT2D eigenvalue weighted by Crippen LogP contribution is -2.49. The fraction of sp³-hybridized carbons (Fsp3) is 0.947. The van der Waals surface area contributed by atoms with Gasteiger partial charge in [0, 0.05) is 44.2 Å². The Morgan fingerprint density at radius 3 is 2.39 bits per heavy atom. The average Bonchev–Trinajstić information content (AvgIpc) is 2.82. The lowest BCUT2D eigenvalue weighted by atomic mass is 9.69. The zero-order chi connectivity index (χ0) is 16.5. The van der Waals surface area contributed by atoms with Crippen LogP contribution in [0.5, 0.6) is 0 Å². The molecule has 4 nitrogen and oxygen atoms in total. The van der Waals surface area contributed by atoms with E-state index in [4.69, 9.17) is 0 Å². The van der Waals surface area contributed by atoms with Crippen molar-refractivity contribution in [1.82, 2.24) is 14.7 Å². The summed E-state index contributed by atoms with van der Waals surface area (Å²) in [5.74, 6) is 0.777. The van der Waals surface area contributed by atoms with Crippen molar-refractivity contribution in [2.45, 2.75) is 52.0 Å². The van der Waals surface area contributed by atoms with Crippen LogP contribution in [0.25, 0.3) is 0 Å². The van der Waals surface area contributed by atoms with Gasteiger partial charge in [-0.3, -0.25) is 9.69 Å². The first-order valence-corrected chi connectivity index (χ1v) is 9.50. The molecule has 4 heteroatoms. The van der Waals surface area contributed by atoms with Crippen LogP contribution in [0.3, 0.4) is 0 Å². The monoisotopic (exact) mass is 319 g/mol. The van der Waals surface area contributed by atoms with Crippen LogP contribution in [0.4, 0.5) is 0 Å². The van der Waals surface area contributed by atoms with Crippen LogP contribution in [0.1, 0.15) is 46.5 Å². The third-order valence-corrected chi connectivity index (χ3v) is 7.47. The van der Waals surface area contributed by atoms with Crippen molar-refractivity contribution in [1.29, 1.82) is 0 Å². The van der Waals surface area contributed by atoms with E-state index in [2.05, 4.69) is 42.5 Å². The summed E-state index contributed by atoms with van der Waals surface area (Å²) in [6.45, 7) is 13.6. The number of rotatable bonds is 1. The summed E-state index contributed by atoms with van der Waals surface area (Å²) in [4.78, 5) is 20.2. The number of hydrogen-bond donors (Lipinski definition) is 0. The molecule has 3 saturated heterocycles. The molecular weight excluding hydrogens is 286 g/mol. The van der Waals surface area contributed by atoms with E-state index in [1.165, 1.54) is 32.4 Å². The summed E-state index contributed by atoms with van der Waals surface area (Å²) in [6.07, 6.45) is 5.07. The minimum absolute atomic E-state index is 0.314. The largest absolute Gasteiger partial charge is 0.340 e. The van der Waals surface area contributed by atoms with Gasteiger partial charge in [-0.25, -0.2) is 0 Å². The van der Waals surface area contributed by atoms with Crippen molar-refractivity contribution >= 4 is 5.91 Å². The Bertz CT molecular complexity index is 505. The Hall–Kier alpha value is -0.610. The van der Waals surface area contributed by atoms with Crippen LogP contribution in [-0.2, 0) is 4.79 Å². The molecule has 0 aromatic rings. The second-order valence-electron chi connectivity index (χ2n) is 9.73. The highest BCUT2D eigenvalue weighted by Crippen LogP contribution is 2.68. The normalized spacial score (nSPS) is 41.6. The molecule has 1 saturated carbocycles. The Kier molecular flexibility index (Phi) is 3.42. The molecule has 130 valence electrons. The Labute approximate surface area is 141 Å². The minimum atomic E-state index is 0.314. The molecule has 3 heterocycles. The number of likely N-dealkylation sites (N-methyl/N-ethyl adjacent to an activating group) is 1. The number of carbonyl (C=O) groups excluding carboxylic acids is 1. The molecule has 4 rings (SSSR count). The smallest absolute Gasteiger partial charge is 0.226 e. The summed E-state index contributed by atoms with van der Waals surface area (Å²) < 4.78 is 0. The van der Waals surface area contributed by atoms with Gasteiger partial charge in [0.25, 0.3) is 0 Å². The van der Waals surface area contributed by atoms with Crippen LogP contribution in [-0.4, -0.2) is 72.5 Å². The summed E-state index contributed by atoms with van der Waals surface area (Å²) >= 11 is 0. The quantitative estimate of drug-likeness (QED) is 0.740. The number of carbonyl (C=O) groups is 1. The summed E-state index contributed by atoms with van der Waals surface area (Å²) in [5, 5.41) is 0. The van der Waals surface area contributed by atoms with Crippen LogP contribution < -0.4 is 0 Å². The molecule has 0 bridgehead atoms. The third-order valence-electron chi connectivity index (χ3n) is 7.47. The van der Waals surface area contributed by atoms with E-state index in [0.717, 1.165) is 32.6 Å². The van der Waals surface area contributed by atoms with Crippen LogP contribution in [0.2, 0.25) is 0 Å². The number of amides is 1.